The van der Waals surface area contributed by atoms with Crippen molar-refractivity contribution in [3.8, 4) is 0 Å². The smallest absolute Gasteiger partial charge is 0.0576 e. The molecule has 1 nitrogen and oxygen atoms in total. The Morgan fingerprint density at radius 3 is 1.00 bits per heavy atom. The highest BCUT2D eigenvalue weighted by Crippen LogP contribution is 2.19. The zero-order valence-corrected chi connectivity index (χ0v) is 19.7. The normalized spacial score (nSPS) is 13.8. The van der Waals surface area contributed by atoms with Crippen molar-refractivity contribution in [2.75, 3.05) is 0 Å². The Bertz CT molecular complexity index is 237. The Labute approximate surface area is 173 Å². The van der Waals surface area contributed by atoms with Crippen molar-refractivity contribution in [3.63, 3.8) is 0 Å². The minimum absolute atomic E-state index is 0.504. The molecule has 0 amide bonds. The maximum absolute atomic E-state index is 6.47. The van der Waals surface area contributed by atoms with Gasteiger partial charge in [-0.15, -0.1) is 0 Å². The summed E-state index contributed by atoms with van der Waals surface area (Å²) in [6, 6.07) is 0. The largest absolute Gasteiger partial charge is 0.375 e. The van der Waals surface area contributed by atoms with Gasteiger partial charge in [-0.1, -0.05) is 130 Å². The van der Waals surface area contributed by atoms with E-state index < -0.39 is 0 Å². The minimum atomic E-state index is 0.504. The molecule has 0 aromatic rings. The molecule has 0 aliphatic heterocycles. The third-order valence-electron chi connectivity index (χ3n) is 6.05. The highest BCUT2D eigenvalue weighted by Gasteiger charge is 2.13. The highest BCUT2D eigenvalue weighted by atomic mass is 16.5. The van der Waals surface area contributed by atoms with Gasteiger partial charge in [-0.3, -0.25) is 0 Å². The lowest BCUT2D eigenvalue weighted by molar-refractivity contribution is -0.0257. The van der Waals surface area contributed by atoms with E-state index in [0.717, 1.165) is 0 Å². The molecule has 2 unspecified atom stereocenters. The van der Waals surface area contributed by atoms with E-state index in [-0.39, 0.29) is 0 Å². The number of unbranched alkanes of at least 4 members (excludes halogenated alkanes) is 14. The summed E-state index contributed by atoms with van der Waals surface area (Å²) in [6.45, 7) is 9.20. The zero-order valence-electron chi connectivity index (χ0n) is 19.7. The first kappa shape index (κ1) is 27.0. The maximum Gasteiger partial charge on any atom is 0.0576 e. The fourth-order valence-corrected chi connectivity index (χ4v) is 4.02. The van der Waals surface area contributed by atoms with Gasteiger partial charge in [-0.2, -0.15) is 0 Å². The van der Waals surface area contributed by atoms with Crippen LogP contribution in [0.2, 0.25) is 0 Å². The molecular weight excluding hydrogens is 328 g/mol. The van der Waals surface area contributed by atoms with Crippen molar-refractivity contribution >= 4 is 0 Å². The van der Waals surface area contributed by atoms with Crippen molar-refractivity contribution in [2.45, 2.75) is 168 Å². The van der Waals surface area contributed by atoms with E-state index in [1.165, 1.54) is 128 Å². The van der Waals surface area contributed by atoms with Gasteiger partial charge in [0.25, 0.3) is 0 Å². The lowest BCUT2D eigenvalue weighted by Crippen LogP contribution is -2.21. The number of hydrogen-bond acceptors (Lipinski definition) is 1. The van der Waals surface area contributed by atoms with Gasteiger partial charge < -0.3 is 4.74 Å². The van der Waals surface area contributed by atoms with Gasteiger partial charge in [-0.05, 0) is 25.7 Å². The molecule has 0 heterocycles. The fourth-order valence-electron chi connectivity index (χ4n) is 4.02. The van der Waals surface area contributed by atoms with Crippen LogP contribution in [-0.2, 0) is 4.74 Å². The molecule has 0 saturated heterocycles. The third kappa shape index (κ3) is 19.1. The van der Waals surface area contributed by atoms with E-state index in [9.17, 15) is 0 Å². The lowest BCUT2D eigenvalue weighted by Gasteiger charge is -2.23. The van der Waals surface area contributed by atoms with Gasteiger partial charge in [-0.25, -0.2) is 0 Å². The van der Waals surface area contributed by atoms with Gasteiger partial charge >= 0.3 is 0 Å². The summed E-state index contributed by atoms with van der Waals surface area (Å²) in [4.78, 5) is 0. The van der Waals surface area contributed by atoms with Gasteiger partial charge in [0.2, 0.25) is 0 Å². The molecule has 1 heteroatoms. The van der Waals surface area contributed by atoms with Gasteiger partial charge in [0.1, 0.15) is 0 Å². The second-order valence-corrected chi connectivity index (χ2v) is 8.72. The third-order valence-corrected chi connectivity index (χ3v) is 6.05. The van der Waals surface area contributed by atoms with Crippen LogP contribution in [0.15, 0.2) is 0 Å². The van der Waals surface area contributed by atoms with E-state index in [0.29, 0.717) is 12.2 Å². The fraction of sp³-hybridized carbons (Fsp3) is 1.00. The summed E-state index contributed by atoms with van der Waals surface area (Å²) in [6.07, 6.45) is 28.5. The molecule has 2 atom stereocenters. The molecule has 0 aliphatic rings. The first-order valence-corrected chi connectivity index (χ1v) is 12.9. The van der Waals surface area contributed by atoms with Crippen molar-refractivity contribution in [2.24, 2.45) is 0 Å². The quantitative estimate of drug-likeness (QED) is 0.169. The average Bonchev–Trinajstić information content (AvgIpc) is 2.69. The van der Waals surface area contributed by atoms with Crippen LogP contribution in [0.25, 0.3) is 0 Å². The molecule has 0 saturated carbocycles. The van der Waals surface area contributed by atoms with Crippen LogP contribution in [0.3, 0.4) is 0 Å². The lowest BCUT2D eigenvalue weighted by atomic mass is 10.0. The van der Waals surface area contributed by atoms with Crippen LogP contribution in [-0.4, -0.2) is 12.2 Å². The predicted octanol–water partition coefficient (Wildman–Crippen LogP) is 9.62. The first-order valence-electron chi connectivity index (χ1n) is 12.9. The second-order valence-electron chi connectivity index (χ2n) is 8.72. The molecule has 0 fully saturated rings. The van der Waals surface area contributed by atoms with Gasteiger partial charge in [0, 0.05) is 0 Å². The standard InChI is InChI=1S/C26H54O/c1-5-9-11-13-15-17-19-21-23-25(7-3)27-26(8-4)24-22-20-18-16-14-12-10-6-2/h25-26H,5-24H2,1-4H3. The van der Waals surface area contributed by atoms with Crippen molar-refractivity contribution < 1.29 is 4.74 Å². The summed E-state index contributed by atoms with van der Waals surface area (Å²) in [7, 11) is 0. The first-order chi connectivity index (χ1) is 13.3. The molecular formula is C26H54O. The Morgan fingerprint density at radius 2 is 0.704 bits per heavy atom. The van der Waals surface area contributed by atoms with Crippen LogP contribution in [0, 0.1) is 0 Å². The van der Waals surface area contributed by atoms with Crippen LogP contribution >= 0.6 is 0 Å². The zero-order chi connectivity index (χ0) is 20.0. The number of hydrogen-bond donors (Lipinski definition) is 0. The van der Waals surface area contributed by atoms with Crippen molar-refractivity contribution in [3.05, 3.63) is 0 Å². The molecule has 0 bridgehead atoms. The second kappa shape index (κ2) is 22.3. The van der Waals surface area contributed by atoms with Crippen LogP contribution < -0.4 is 0 Å². The Balaban J connectivity index is 3.64. The molecule has 0 N–H and O–H groups in total. The SMILES string of the molecule is CCCCCCCCCCC(CC)OC(CC)CCCCCCCCCC. The monoisotopic (exact) mass is 382 g/mol. The van der Waals surface area contributed by atoms with Crippen LogP contribution in [0.4, 0.5) is 0 Å². The highest BCUT2D eigenvalue weighted by molar-refractivity contribution is 4.63. The van der Waals surface area contributed by atoms with Crippen LogP contribution in [0.1, 0.15) is 156 Å². The molecule has 27 heavy (non-hydrogen) atoms. The summed E-state index contributed by atoms with van der Waals surface area (Å²) < 4.78 is 6.47. The molecule has 0 aromatic carbocycles. The molecule has 0 aliphatic carbocycles. The summed E-state index contributed by atoms with van der Waals surface area (Å²) in [5, 5.41) is 0. The molecule has 0 rings (SSSR count). The summed E-state index contributed by atoms with van der Waals surface area (Å²) in [5.41, 5.74) is 0. The van der Waals surface area contributed by atoms with Crippen molar-refractivity contribution in [1.29, 1.82) is 0 Å². The topological polar surface area (TPSA) is 9.23 Å². The Morgan fingerprint density at radius 1 is 0.407 bits per heavy atom. The predicted molar refractivity (Wildman–Crippen MR) is 124 cm³/mol. The molecule has 0 radical (unpaired) electrons. The summed E-state index contributed by atoms with van der Waals surface area (Å²) >= 11 is 0. The van der Waals surface area contributed by atoms with E-state index >= 15 is 0 Å². The number of rotatable bonds is 22. The van der Waals surface area contributed by atoms with E-state index in [4.69, 9.17) is 4.74 Å². The summed E-state index contributed by atoms with van der Waals surface area (Å²) in [5.74, 6) is 0. The Kier molecular flexibility index (Phi) is 22.2. The average molecular weight is 383 g/mol. The van der Waals surface area contributed by atoms with Crippen LogP contribution in [0.5, 0.6) is 0 Å². The minimum Gasteiger partial charge on any atom is -0.375 e. The van der Waals surface area contributed by atoms with Crippen molar-refractivity contribution in [1.82, 2.24) is 0 Å². The van der Waals surface area contributed by atoms with Gasteiger partial charge in [0.15, 0.2) is 0 Å². The maximum atomic E-state index is 6.47. The Hall–Kier alpha value is -0.0400. The molecule has 0 spiro atoms. The molecule has 164 valence electrons. The van der Waals surface area contributed by atoms with Gasteiger partial charge in [0.05, 0.1) is 12.2 Å². The van der Waals surface area contributed by atoms with E-state index in [1.807, 2.05) is 0 Å². The molecule has 0 aromatic heterocycles. The van der Waals surface area contributed by atoms with E-state index in [2.05, 4.69) is 27.7 Å². The van der Waals surface area contributed by atoms with E-state index in [1.54, 1.807) is 0 Å². The number of ether oxygens (including phenoxy) is 1.